The van der Waals surface area contributed by atoms with Crippen LogP contribution < -0.4 is 4.90 Å². The molecular weight excluding hydrogens is 330 g/mol. The lowest BCUT2D eigenvalue weighted by atomic mass is 9.69. The molecule has 3 heterocycles. The van der Waals surface area contributed by atoms with Crippen molar-refractivity contribution in [3.05, 3.63) is 16.8 Å². The minimum Gasteiger partial charge on any atom is -0.390 e. The number of rotatable bonds is 2. The first-order valence-electron chi connectivity index (χ1n) is 9.92. The van der Waals surface area contributed by atoms with E-state index < -0.39 is 5.60 Å². The van der Waals surface area contributed by atoms with E-state index in [-0.39, 0.29) is 0 Å². The molecule has 0 bridgehead atoms. The van der Waals surface area contributed by atoms with E-state index in [9.17, 15) is 5.11 Å². The van der Waals surface area contributed by atoms with E-state index in [0.29, 0.717) is 11.8 Å². The van der Waals surface area contributed by atoms with Gasteiger partial charge in [0.15, 0.2) is 0 Å². The summed E-state index contributed by atoms with van der Waals surface area (Å²) in [7, 11) is 0. The molecule has 1 N–H and O–H groups in total. The monoisotopic (exact) mass is 357 g/mol. The van der Waals surface area contributed by atoms with E-state index in [1.54, 1.807) is 6.33 Å². The maximum absolute atomic E-state index is 11.1. The summed E-state index contributed by atoms with van der Waals surface area (Å²) in [6, 6.07) is 0. The van der Waals surface area contributed by atoms with Crippen molar-refractivity contribution in [1.82, 2.24) is 9.97 Å². The molecule has 1 aliphatic heterocycles. The second-order valence-corrected chi connectivity index (χ2v) is 9.29. The Hall–Kier alpha value is -1.20. The third-order valence-electron chi connectivity index (χ3n) is 6.96. The predicted octanol–water partition coefficient (Wildman–Crippen LogP) is 3.95. The van der Waals surface area contributed by atoms with Crippen LogP contribution in [0.1, 0.15) is 55.9 Å². The fourth-order valence-electron chi connectivity index (χ4n) is 5.55. The highest BCUT2D eigenvalue weighted by molar-refractivity contribution is 7.19. The summed E-state index contributed by atoms with van der Waals surface area (Å²) in [5.41, 5.74) is 1.04. The minimum atomic E-state index is -0.474. The summed E-state index contributed by atoms with van der Waals surface area (Å²) >= 11 is 1.88. The van der Waals surface area contributed by atoms with Gasteiger partial charge in [0.25, 0.3) is 0 Å². The number of thiophene rings is 1. The first kappa shape index (κ1) is 16.0. The normalized spacial score (nSPS) is 32.0. The maximum atomic E-state index is 11.1. The van der Waals surface area contributed by atoms with Crippen LogP contribution >= 0.6 is 11.3 Å². The van der Waals surface area contributed by atoms with Gasteiger partial charge in [0, 0.05) is 23.9 Å². The Morgan fingerprint density at radius 1 is 1.24 bits per heavy atom. The van der Waals surface area contributed by atoms with E-state index in [2.05, 4.69) is 16.8 Å². The van der Waals surface area contributed by atoms with Crippen molar-refractivity contribution in [3.63, 3.8) is 0 Å². The third-order valence-corrected chi connectivity index (χ3v) is 8.16. The fraction of sp³-hybridized carbons (Fsp3) is 0.700. The second-order valence-electron chi connectivity index (χ2n) is 8.21. The molecule has 5 rings (SSSR count). The van der Waals surface area contributed by atoms with Crippen LogP contribution in [0, 0.1) is 11.8 Å². The average Bonchev–Trinajstić information content (AvgIpc) is 3.24. The molecule has 0 spiro atoms. The second kappa shape index (κ2) is 5.92. The smallest absolute Gasteiger partial charge is 0.141 e. The van der Waals surface area contributed by atoms with Gasteiger partial charge in [0.05, 0.1) is 11.0 Å². The fourth-order valence-corrected chi connectivity index (χ4v) is 6.78. The van der Waals surface area contributed by atoms with Gasteiger partial charge in [-0.05, 0) is 56.4 Å². The van der Waals surface area contributed by atoms with Crippen molar-refractivity contribution >= 4 is 27.4 Å². The number of aliphatic hydroxyl groups is 1. The predicted molar refractivity (Wildman–Crippen MR) is 102 cm³/mol. The van der Waals surface area contributed by atoms with Gasteiger partial charge in [-0.15, -0.1) is 11.3 Å². The molecule has 5 heteroatoms. The maximum Gasteiger partial charge on any atom is 0.141 e. The van der Waals surface area contributed by atoms with Gasteiger partial charge in [0.1, 0.15) is 17.0 Å². The van der Waals surface area contributed by atoms with Gasteiger partial charge in [-0.1, -0.05) is 13.3 Å². The van der Waals surface area contributed by atoms with Crippen molar-refractivity contribution in [2.75, 3.05) is 18.0 Å². The summed E-state index contributed by atoms with van der Waals surface area (Å²) in [4.78, 5) is 14.5. The molecule has 0 radical (unpaired) electrons. The van der Waals surface area contributed by atoms with E-state index in [0.717, 1.165) is 43.0 Å². The van der Waals surface area contributed by atoms with E-state index >= 15 is 0 Å². The zero-order valence-electron chi connectivity index (χ0n) is 15.0. The molecular formula is C20H27N3OS. The lowest BCUT2D eigenvalue weighted by Gasteiger charge is -2.40. The van der Waals surface area contributed by atoms with Crippen molar-refractivity contribution in [3.8, 4) is 0 Å². The molecule has 4 nitrogen and oxygen atoms in total. The first-order chi connectivity index (χ1) is 12.2. The van der Waals surface area contributed by atoms with E-state index in [4.69, 9.17) is 4.98 Å². The molecule has 0 unspecified atom stereocenters. The molecule has 1 saturated heterocycles. The average molecular weight is 358 g/mol. The van der Waals surface area contributed by atoms with Crippen molar-refractivity contribution in [2.24, 2.45) is 11.8 Å². The SMILES string of the molecule is CC[C@@]1(O)CCC[C@@H]2CN(c3ncnc4sc5c(c34)CCCC5)C[C@@H]21. The Kier molecular flexibility index (Phi) is 3.79. The van der Waals surface area contributed by atoms with Gasteiger partial charge >= 0.3 is 0 Å². The Balaban J connectivity index is 1.55. The molecule has 2 aromatic rings. The Morgan fingerprint density at radius 3 is 3.00 bits per heavy atom. The van der Waals surface area contributed by atoms with Crippen LogP contribution in [0.2, 0.25) is 0 Å². The molecule has 2 fully saturated rings. The van der Waals surface area contributed by atoms with Crippen LogP contribution in [0.25, 0.3) is 10.2 Å². The summed E-state index contributed by atoms with van der Waals surface area (Å²) < 4.78 is 0. The highest BCUT2D eigenvalue weighted by Gasteiger charge is 2.48. The number of hydrogen-bond acceptors (Lipinski definition) is 5. The Morgan fingerprint density at radius 2 is 2.12 bits per heavy atom. The molecule has 2 aromatic heterocycles. The molecule has 3 atom stereocenters. The minimum absolute atomic E-state index is 0.394. The number of fused-ring (bicyclic) bond motifs is 4. The molecule has 0 amide bonds. The summed E-state index contributed by atoms with van der Waals surface area (Å²) in [5.74, 6) is 2.14. The quantitative estimate of drug-likeness (QED) is 0.884. The largest absolute Gasteiger partial charge is 0.390 e. The highest BCUT2D eigenvalue weighted by atomic mass is 32.1. The van der Waals surface area contributed by atoms with E-state index in [1.165, 1.54) is 47.9 Å². The zero-order valence-corrected chi connectivity index (χ0v) is 15.8. The molecule has 2 aliphatic carbocycles. The third kappa shape index (κ3) is 2.42. The van der Waals surface area contributed by atoms with Crippen LogP contribution in [0.3, 0.4) is 0 Å². The number of aryl methyl sites for hydroxylation is 2. The lowest BCUT2D eigenvalue weighted by molar-refractivity contribution is -0.0597. The van der Waals surface area contributed by atoms with Crippen LogP contribution in [0.15, 0.2) is 6.33 Å². The summed E-state index contributed by atoms with van der Waals surface area (Å²) in [6.07, 6.45) is 11.0. The van der Waals surface area contributed by atoms with Crippen molar-refractivity contribution in [1.29, 1.82) is 0 Å². The zero-order chi connectivity index (χ0) is 17.0. The Bertz CT molecular complexity index is 804. The van der Waals surface area contributed by atoms with Gasteiger partial charge in [0.2, 0.25) is 0 Å². The summed E-state index contributed by atoms with van der Waals surface area (Å²) in [6.45, 7) is 4.14. The number of hydrogen-bond donors (Lipinski definition) is 1. The standard InChI is InChI=1S/C20H27N3OS/c1-2-20(24)9-5-6-13-10-23(11-15(13)20)18-17-14-7-3-4-8-16(14)25-19(17)22-12-21-18/h12-13,15,24H,2-11H2,1H3/t13-,15+,20-/m1/s1. The van der Waals surface area contributed by atoms with Gasteiger partial charge < -0.3 is 10.0 Å². The van der Waals surface area contributed by atoms with E-state index in [1.807, 2.05) is 11.3 Å². The molecule has 25 heavy (non-hydrogen) atoms. The first-order valence-corrected chi connectivity index (χ1v) is 10.7. The van der Waals surface area contributed by atoms with Crippen LogP contribution in [-0.4, -0.2) is 33.8 Å². The summed E-state index contributed by atoms with van der Waals surface area (Å²) in [5, 5.41) is 12.4. The highest BCUT2D eigenvalue weighted by Crippen LogP contribution is 2.47. The molecule has 0 aromatic carbocycles. The van der Waals surface area contributed by atoms with Gasteiger partial charge in [-0.2, -0.15) is 0 Å². The molecule has 134 valence electrons. The van der Waals surface area contributed by atoms with Crippen LogP contribution in [-0.2, 0) is 12.8 Å². The lowest BCUT2D eigenvalue weighted by Crippen LogP contribution is -2.44. The topological polar surface area (TPSA) is 49.2 Å². The van der Waals surface area contributed by atoms with Gasteiger partial charge in [-0.3, -0.25) is 0 Å². The van der Waals surface area contributed by atoms with Crippen LogP contribution in [0.5, 0.6) is 0 Å². The number of aromatic nitrogens is 2. The molecule has 1 saturated carbocycles. The van der Waals surface area contributed by atoms with Crippen LogP contribution in [0.4, 0.5) is 5.82 Å². The number of nitrogens with zero attached hydrogens (tertiary/aromatic N) is 3. The van der Waals surface area contributed by atoms with Crippen molar-refractivity contribution in [2.45, 2.75) is 63.9 Å². The van der Waals surface area contributed by atoms with Gasteiger partial charge in [-0.25, -0.2) is 9.97 Å². The van der Waals surface area contributed by atoms with Crippen molar-refractivity contribution < 1.29 is 5.11 Å². The molecule has 3 aliphatic rings. The number of anilines is 1. The Labute approximate surface area is 153 Å².